The van der Waals surface area contributed by atoms with Gasteiger partial charge in [-0.3, -0.25) is 5.41 Å². The van der Waals surface area contributed by atoms with Gasteiger partial charge in [-0.25, -0.2) is 0 Å². The molecular formula is C10H15N3. The van der Waals surface area contributed by atoms with Gasteiger partial charge in [0.05, 0.1) is 6.54 Å². The Labute approximate surface area is 78.7 Å². The molecule has 0 aliphatic carbocycles. The number of anilines is 1. The molecule has 0 fully saturated rings. The van der Waals surface area contributed by atoms with E-state index >= 15 is 0 Å². The number of aryl methyl sites for hydroxylation is 1. The molecule has 3 N–H and O–H groups in total. The van der Waals surface area contributed by atoms with Gasteiger partial charge in [-0.15, -0.1) is 0 Å². The van der Waals surface area contributed by atoms with Gasteiger partial charge in [0.1, 0.15) is 5.84 Å². The summed E-state index contributed by atoms with van der Waals surface area (Å²) >= 11 is 0. The molecule has 1 aromatic rings. The maximum Gasteiger partial charge on any atom is 0.110 e. The summed E-state index contributed by atoms with van der Waals surface area (Å²) in [7, 11) is 1.92. The fourth-order valence-corrected chi connectivity index (χ4v) is 1.15. The second-order valence-corrected chi connectivity index (χ2v) is 3.22. The van der Waals surface area contributed by atoms with Crippen molar-refractivity contribution in [2.75, 3.05) is 18.5 Å². The van der Waals surface area contributed by atoms with Gasteiger partial charge in [0.15, 0.2) is 0 Å². The van der Waals surface area contributed by atoms with E-state index < -0.39 is 0 Å². The van der Waals surface area contributed by atoms with Crippen LogP contribution in [0.2, 0.25) is 0 Å². The lowest BCUT2D eigenvalue weighted by molar-refractivity contribution is 1.04. The third-order valence-electron chi connectivity index (χ3n) is 1.88. The third kappa shape index (κ3) is 2.78. The molecular weight excluding hydrogens is 162 g/mol. The second kappa shape index (κ2) is 3.94. The van der Waals surface area contributed by atoms with E-state index in [-0.39, 0.29) is 5.84 Å². The lowest BCUT2D eigenvalue weighted by Gasteiger charge is -2.18. The first-order valence-electron chi connectivity index (χ1n) is 4.20. The quantitative estimate of drug-likeness (QED) is 0.541. The van der Waals surface area contributed by atoms with Crippen molar-refractivity contribution in [1.82, 2.24) is 0 Å². The van der Waals surface area contributed by atoms with Gasteiger partial charge in [-0.05, 0) is 19.1 Å². The number of hydrogen-bond donors (Lipinski definition) is 2. The van der Waals surface area contributed by atoms with E-state index in [1.54, 1.807) is 0 Å². The minimum Gasteiger partial charge on any atom is -0.386 e. The number of hydrogen-bond acceptors (Lipinski definition) is 2. The van der Waals surface area contributed by atoms with Crippen molar-refractivity contribution in [3.63, 3.8) is 0 Å². The minimum absolute atomic E-state index is 0.183. The average Bonchev–Trinajstić information content (AvgIpc) is 2.04. The number of nitrogens with one attached hydrogen (secondary N) is 1. The Morgan fingerprint density at radius 1 is 1.38 bits per heavy atom. The SMILES string of the molecule is Cc1ccc(N(C)CC(=N)N)cc1. The van der Waals surface area contributed by atoms with Gasteiger partial charge in [-0.1, -0.05) is 17.7 Å². The van der Waals surface area contributed by atoms with E-state index in [9.17, 15) is 0 Å². The third-order valence-corrected chi connectivity index (χ3v) is 1.88. The summed E-state index contributed by atoms with van der Waals surface area (Å²) in [5.74, 6) is 0.183. The molecule has 0 atom stereocenters. The van der Waals surface area contributed by atoms with Crippen LogP contribution in [-0.4, -0.2) is 19.4 Å². The van der Waals surface area contributed by atoms with Crippen LogP contribution in [0, 0.1) is 12.3 Å². The van der Waals surface area contributed by atoms with Crippen LogP contribution in [0.1, 0.15) is 5.56 Å². The lowest BCUT2D eigenvalue weighted by atomic mass is 10.2. The fourth-order valence-electron chi connectivity index (χ4n) is 1.15. The van der Waals surface area contributed by atoms with E-state index in [1.165, 1.54) is 5.56 Å². The van der Waals surface area contributed by atoms with Crippen LogP contribution in [0.3, 0.4) is 0 Å². The molecule has 0 unspecified atom stereocenters. The topological polar surface area (TPSA) is 53.1 Å². The van der Waals surface area contributed by atoms with Crippen molar-refractivity contribution in [2.24, 2.45) is 5.73 Å². The summed E-state index contributed by atoms with van der Waals surface area (Å²) in [4.78, 5) is 1.95. The number of amidine groups is 1. The molecule has 0 amide bonds. The molecule has 0 saturated carbocycles. The number of rotatable bonds is 3. The molecule has 0 aliphatic rings. The standard InChI is InChI=1S/C10H15N3/c1-8-3-5-9(6-4-8)13(2)7-10(11)12/h3-6H,7H2,1-2H3,(H3,11,12). The molecule has 3 heteroatoms. The van der Waals surface area contributed by atoms with Crippen LogP contribution < -0.4 is 10.6 Å². The normalized spacial score (nSPS) is 9.69. The smallest absolute Gasteiger partial charge is 0.110 e. The Bertz CT molecular complexity index is 290. The van der Waals surface area contributed by atoms with Crippen molar-refractivity contribution in [3.8, 4) is 0 Å². The summed E-state index contributed by atoms with van der Waals surface area (Å²) in [5, 5.41) is 7.15. The van der Waals surface area contributed by atoms with E-state index in [1.807, 2.05) is 36.2 Å². The summed E-state index contributed by atoms with van der Waals surface area (Å²) < 4.78 is 0. The Morgan fingerprint density at radius 3 is 2.38 bits per heavy atom. The first-order valence-corrected chi connectivity index (χ1v) is 4.20. The van der Waals surface area contributed by atoms with Crippen molar-refractivity contribution in [3.05, 3.63) is 29.8 Å². The predicted octanol–water partition coefficient (Wildman–Crippen LogP) is 1.37. The highest BCUT2D eigenvalue weighted by Crippen LogP contribution is 2.12. The van der Waals surface area contributed by atoms with Crippen LogP contribution >= 0.6 is 0 Å². The molecule has 0 radical (unpaired) electrons. The van der Waals surface area contributed by atoms with Gasteiger partial charge >= 0.3 is 0 Å². The zero-order valence-electron chi connectivity index (χ0n) is 8.04. The van der Waals surface area contributed by atoms with Crippen molar-refractivity contribution >= 4 is 11.5 Å². The molecule has 0 heterocycles. The Hall–Kier alpha value is -1.51. The Kier molecular flexibility index (Phi) is 2.90. The van der Waals surface area contributed by atoms with Crippen molar-refractivity contribution in [1.29, 1.82) is 5.41 Å². The lowest BCUT2D eigenvalue weighted by Crippen LogP contribution is -2.29. The fraction of sp³-hybridized carbons (Fsp3) is 0.300. The molecule has 0 spiro atoms. The van der Waals surface area contributed by atoms with Crippen molar-refractivity contribution in [2.45, 2.75) is 6.92 Å². The molecule has 3 nitrogen and oxygen atoms in total. The van der Waals surface area contributed by atoms with Crippen LogP contribution in [0.4, 0.5) is 5.69 Å². The van der Waals surface area contributed by atoms with E-state index in [2.05, 4.69) is 6.92 Å². The number of nitrogens with two attached hydrogens (primary N) is 1. The number of likely N-dealkylation sites (N-methyl/N-ethyl adjacent to an activating group) is 1. The van der Waals surface area contributed by atoms with E-state index in [0.29, 0.717) is 6.54 Å². The highest BCUT2D eigenvalue weighted by atomic mass is 15.1. The summed E-state index contributed by atoms with van der Waals surface area (Å²) in [5.41, 5.74) is 7.62. The second-order valence-electron chi connectivity index (χ2n) is 3.22. The highest BCUT2D eigenvalue weighted by Gasteiger charge is 2.00. The highest BCUT2D eigenvalue weighted by molar-refractivity contribution is 5.82. The van der Waals surface area contributed by atoms with E-state index in [0.717, 1.165) is 5.69 Å². The average molecular weight is 177 g/mol. The Balaban J connectivity index is 2.71. The molecule has 0 bridgehead atoms. The van der Waals surface area contributed by atoms with Crippen LogP contribution in [0.5, 0.6) is 0 Å². The van der Waals surface area contributed by atoms with Gasteiger partial charge < -0.3 is 10.6 Å². The zero-order valence-corrected chi connectivity index (χ0v) is 8.04. The van der Waals surface area contributed by atoms with Crippen LogP contribution in [0.25, 0.3) is 0 Å². The maximum absolute atomic E-state index is 7.15. The monoisotopic (exact) mass is 177 g/mol. The molecule has 0 aliphatic heterocycles. The van der Waals surface area contributed by atoms with Gasteiger partial charge in [0.25, 0.3) is 0 Å². The van der Waals surface area contributed by atoms with Gasteiger partial charge in [0, 0.05) is 12.7 Å². The molecule has 1 rings (SSSR count). The molecule has 1 aromatic carbocycles. The maximum atomic E-state index is 7.15. The number of nitrogens with zero attached hydrogens (tertiary/aromatic N) is 1. The molecule has 0 aromatic heterocycles. The molecule has 13 heavy (non-hydrogen) atoms. The predicted molar refractivity (Wildman–Crippen MR) is 56.4 cm³/mol. The van der Waals surface area contributed by atoms with Crippen LogP contribution in [0.15, 0.2) is 24.3 Å². The van der Waals surface area contributed by atoms with E-state index in [4.69, 9.17) is 11.1 Å². The minimum atomic E-state index is 0.183. The summed E-state index contributed by atoms with van der Waals surface area (Å²) in [6.45, 7) is 2.53. The largest absolute Gasteiger partial charge is 0.386 e. The van der Waals surface area contributed by atoms with Crippen molar-refractivity contribution < 1.29 is 0 Å². The Morgan fingerprint density at radius 2 is 1.92 bits per heavy atom. The summed E-state index contributed by atoms with van der Waals surface area (Å²) in [6.07, 6.45) is 0. The summed E-state index contributed by atoms with van der Waals surface area (Å²) in [6, 6.07) is 8.15. The first-order chi connectivity index (χ1) is 6.09. The van der Waals surface area contributed by atoms with Crippen LogP contribution in [-0.2, 0) is 0 Å². The number of benzene rings is 1. The zero-order chi connectivity index (χ0) is 9.84. The molecule has 0 saturated heterocycles. The van der Waals surface area contributed by atoms with Gasteiger partial charge in [-0.2, -0.15) is 0 Å². The van der Waals surface area contributed by atoms with Gasteiger partial charge in [0.2, 0.25) is 0 Å². The first kappa shape index (κ1) is 9.58. The molecule has 70 valence electrons.